The Morgan fingerprint density at radius 3 is 2.24 bits per heavy atom. The average molecular weight is 302 g/mol. The van der Waals surface area contributed by atoms with Crippen LogP contribution < -0.4 is 4.74 Å². The van der Waals surface area contributed by atoms with Crippen LogP contribution in [0.1, 0.15) is 17.2 Å². The number of sulfone groups is 1. The first-order valence-electron chi connectivity index (χ1n) is 6.63. The fourth-order valence-corrected chi connectivity index (χ4v) is 3.96. The third-order valence-electron chi connectivity index (χ3n) is 3.31. The van der Waals surface area contributed by atoms with E-state index < -0.39 is 15.1 Å². The summed E-state index contributed by atoms with van der Waals surface area (Å²) in [6, 6.07) is 15.6. The fourth-order valence-electron chi connectivity index (χ4n) is 2.19. The van der Waals surface area contributed by atoms with Crippen molar-refractivity contribution in [1.29, 1.82) is 0 Å². The smallest absolute Gasteiger partial charge is 0.185 e. The van der Waals surface area contributed by atoms with Crippen LogP contribution in [0.15, 0.2) is 72.1 Å². The molecule has 2 rings (SSSR count). The molecule has 0 aromatic heterocycles. The summed E-state index contributed by atoms with van der Waals surface area (Å²) in [5.74, 6) is 0.702. The Morgan fingerprint density at radius 1 is 1.10 bits per heavy atom. The van der Waals surface area contributed by atoms with Gasteiger partial charge in [-0.1, -0.05) is 36.4 Å². The van der Waals surface area contributed by atoms with Gasteiger partial charge in [-0.25, -0.2) is 8.42 Å². The number of methoxy groups -OCH3 is 1. The van der Waals surface area contributed by atoms with Gasteiger partial charge in [-0.3, -0.25) is 0 Å². The predicted molar refractivity (Wildman–Crippen MR) is 84.2 cm³/mol. The van der Waals surface area contributed by atoms with Crippen LogP contribution in [0.25, 0.3) is 0 Å². The molecule has 21 heavy (non-hydrogen) atoms. The molecule has 0 spiro atoms. The van der Waals surface area contributed by atoms with Crippen molar-refractivity contribution in [1.82, 2.24) is 0 Å². The van der Waals surface area contributed by atoms with Crippen molar-refractivity contribution in [2.24, 2.45) is 0 Å². The first kappa shape index (κ1) is 15.3. The Balaban J connectivity index is 2.44. The molecule has 0 aliphatic heterocycles. The number of rotatable bonds is 6. The van der Waals surface area contributed by atoms with E-state index in [1.807, 2.05) is 0 Å². The maximum Gasteiger partial charge on any atom is 0.185 e. The number of hydrogen-bond acceptors (Lipinski definition) is 3. The third kappa shape index (κ3) is 3.34. The van der Waals surface area contributed by atoms with Gasteiger partial charge < -0.3 is 4.74 Å². The molecule has 4 heteroatoms. The van der Waals surface area contributed by atoms with E-state index >= 15 is 0 Å². The maximum atomic E-state index is 12.8. The molecule has 0 radical (unpaired) electrons. The maximum absolute atomic E-state index is 12.8. The van der Waals surface area contributed by atoms with E-state index in [0.717, 1.165) is 5.56 Å². The van der Waals surface area contributed by atoms with Gasteiger partial charge in [0.25, 0.3) is 0 Å². The average Bonchev–Trinajstić information content (AvgIpc) is 2.53. The van der Waals surface area contributed by atoms with Gasteiger partial charge in [0.2, 0.25) is 0 Å². The van der Waals surface area contributed by atoms with Gasteiger partial charge in [0, 0.05) is 0 Å². The Bertz CT molecular complexity index is 689. The van der Waals surface area contributed by atoms with Gasteiger partial charge in [0.05, 0.1) is 17.3 Å². The fraction of sp³-hybridized carbons (Fsp3) is 0.176. The summed E-state index contributed by atoms with van der Waals surface area (Å²) >= 11 is 0. The van der Waals surface area contributed by atoms with E-state index in [1.54, 1.807) is 67.8 Å². The van der Waals surface area contributed by atoms with Gasteiger partial charge in [-0.05, 0) is 36.2 Å². The van der Waals surface area contributed by atoms with Gasteiger partial charge in [-0.2, -0.15) is 0 Å². The second kappa shape index (κ2) is 6.59. The Hall–Kier alpha value is -2.07. The van der Waals surface area contributed by atoms with E-state index in [4.69, 9.17) is 4.74 Å². The molecule has 110 valence electrons. The zero-order valence-corrected chi connectivity index (χ0v) is 12.7. The number of ether oxygens (including phenoxy) is 1. The van der Waals surface area contributed by atoms with Crippen LogP contribution in [0.3, 0.4) is 0 Å². The van der Waals surface area contributed by atoms with Crippen molar-refractivity contribution in [3.05, 3.63) is 72.8 Å². The lowest BCUT2D eigenvalue weighted by atomic mass is 10.1. The molecule has 0 N–H and O–H groups in total. The number of benzene rings is 2. The lowest BCUT2D eigenvalue weighted by Gasteiger charge is -2.17. The SMILES string of the molecule is C=CCC(c1ccc(OC)cc1)S(=O)(=O)c1ccccc1. The molecular formula is C17H18O3S. The highest BCUT2D eigenvalue weighted by Crippen LogP contribution is 2.32. The van der Waals surface area contributed by atoms with Crippen molar-refractivity contribution in [2.75, 3.05) is 7.11 Å². The molecule has 2 aromatic rings. The van der Waals surface area contributed by atoms with E-state index in [1.165, 1.54) is 0 Å². The van der Waals surface area contributed by atoms with Crippen LogP contribution >= 0.6 is 0 Å². The normalized spacial score (nSPS) is 12.6. The summed E-state index contributed by atoms with van der Waals surface area (Å²) < 4.78 is 30.7. The molecule has 0 aliphatic carbocycles. The van der Waals surface area contributed by atoms with Crippen molar-refractivity contribution < 1.29 is 13.2 Å². The predicted octanol–water partition coefficient (Wildman–Crippen LogP) is 3.79. The topological polar surface area (TPSA) is 43.4 Å². The highest BCUT2D eigenvalue weighted by molar-refractivity contribution is 7.91. The molecule has 0 bridgehead atoms. The van der Waals surface area contributed by atoms with Gasteiger partial charge in [0.1, 0.15) is 5.75 Å². The molecule has 1 atom stereocenters. The Morgan fingerprint density at radius 2 is 1.71 bits per heavy atom. The Labute approximate surface area is 125 Å². The molecule has 0 amide bonds. The molecule has 0 saturated carbocycles. The van der Waals surface area contributed by atoms with E-state index in [9.17, 15) is 8.42 Å². The van der Waals surface area contributed by atoms with E-state index in [-0.39, 0.29) is 0 Å². The zero-order chi connectivity index (χ0) is 15.3. The second-order valence-electron chi connectivity index (χ2n) is 4.64. The first-order valence-corrected chi connectivity index (χ1v) is 8.18. The van der Waals surface area contributed by atoms with E-state index in [2.05, 4.69) is 6.58 Å². The minimum absolute atomic E-state index is 0.327. The molecule has 3 nitrogen and oxygen atoms in total. The number of allylic oxidation sites excluding steroid dienone is 1. The zero-order valence-electron chi connectivity index (χ0n) is 11.9. The lowest BCUT2D eigenvalue weighted by molar-refractivity contribution is 0.414. The Kier molecular flexibility index (Phi) is 4.81. The quantitative estimate of drug-likeness (QED) is 0.763. The lowest BCUT2D eigenvalue weighted by Crippen LogP contribution is -2.13. The van der Waals surface area contributed by atoms with Gasteiger partial charge >= 0.3 is 0 Å². The third-order valence-corrected chi connectivity index (χ3v) is 5.46. The van der Waals surface area contributed by atoms with Crippen molar-refractivity contribution in [3.63, 3.8) is 0 Å². The first-order chi connectivity index (χ1) is 10.1. The summed E-state index contributed by atoms with van der Waals surface area (Å²) in [6.45, 7) is 3.68. The van der Waals surface area contributed by atoms with Crippen LogP contribution in [0.4, 0.5) is 0 Å². The van der Waals surface area contributed by atoms with Gasteiger partial charge in [0.15, 0.2) is 9.84 Å². The second-order valence-corrected chi connectivity index (χ2v) is 6.77. The van der Waals surface area contributed by atoms with Crippen LogP contribution in [-0.2, 0) is 9.84 Å². The molecular weight excluding hydrogens is 284 g/mol. The summed E-state index contributed by atoms with van der Waals surface area (Å²) in [5, 5.41) is -0.636. The molecule has 1 unspecified atom stereocenters. The van der Waals surface area contributed by atoms with Crippen molar-refractivity contribution >= 4 is 9.84 Å². The summed E-state index contributed by atoms with van der Waals surface area (Å²) in [6.07, 6.45) is 2.00. The highest BCUT2D eigenvalue weighted by atomic mass is 32.2. The minimum atomic E-state index is -3.45. The van der Waals surface area contributed by atoms with E-state index in [0.29, 0.717) is 17.1 Å². The monoisotopic (exact) mass is 302 g/mol. The molecule has 2 aromatic carbocycles. The number of hydrogen-bond donors (Lipinski definition) is 0. The highest BCUT2D eigenvalue weighted by Gasteiger charge is 2.27. The van der Waals surface area contributed by atoms with Crippen LogP contribution in [0.5, 0.6) is 5.75 Å². The molecule has 0 saturated heterocycles. The van der Waals surface area contributed by atoms with Gasteiger partial charge in [-0.15, -0.1) is 6.58 Å². The molecule has 0 fully saturated rings. The van der Waals surface area contributed by atoms with Crippen LogP contribution in [0.2, 0.25) is 0 Å². The van der Waals surface area contributed by atoms with Crippen molar-refractivity contribution in [2.45, 2.75) is 16.6 Å². The van der Waals surface area contributed by atoms with Crippen LogP contribution in [0, 0.1) is 0 Å². The molecule has 0 aliphatic rings. The summed E-state index contributed by atoms with van der Waals surface area (Å²) in [5.41, 5.74) is 0.736. The van der Waals surface area contributed by atoms with Crippen molar-refractivity contribution in [3.8, 4) is 5.75 Å². The standard InChI is InChI=1S/C17H18O3S/c1-3-7-17(14-10-12-15(20-2)13-11-14)21(18,19)16-8-5-4-6-9-16/h3-6,8-13,17H,1,7H2,2H3. The molecule has 0 heterocycles. The largest absolute Gasteiger partial charge is 0.497 e. The van der Waals surface area contributed by atoms with Crippen LogP contribution in [-0.4, -0.2) is 15.5 Å². The summed E-state index contributed by atoms with van der Waals surface area (Å²) in [4.78, 5) is 0.327. The summed E-state index contributed by atoms with van der Waals surface area (Å²) in [7, 11) is -1.87. The minimum Gasteiger partial charge on any atom is -0.497 e.